The molecule has 0 saturated heterocycles. The highest BCUT2D eigenvalue weighted by Gasteiger charge is 2.28. The lowest BCUT2D eigenvalue weighted by Crippen LogP contribution is -2.38. The molecule has 1 fully saturated rings. The van der Waals surface area contributed by atoms with Crippen molar-refractivity contribution < 1.29 is 4.79 Å². The lowest BCUT2D eigenvalue weighted by atomic mass is 10.0. The molecule has 1 rings (SSSR count). The molecule has 0 aromatic heterocycles. The highest BCUT2D eigenvalue weighted by Crippen LogP contribution is 2.24. The van der Waals surface area contributed by atoms with Crippen LogP contribution in [0.3, 0.4) is 0 Å². The third kappa shape index (κ3) is 3.82. The van der Waals surface area contributed by atoms with E-state index >= 15 is 0 Å². The van der Waals surface area contributed by atoms with Crippen molar-refractivity contribution in [2.75, 3.05) is 0 Å². The molecule has 0 spiro atoms. The molecule has 15 heavy (non-hydrogen) atoms. The summed E-state index contributed by atoms with van der Waals surface area (Å²) in [4.78, 5) is 11.9. The minimum atomic E-state index is 0.172. The van der Waals surface area contributed by atoms with Crippen LogP contribution in [0.25, 0.3) is 0 Å². The number of rotatable bonds is 5. The van der Waals surface area contributed by atoms with Gasteiger partial charge in [0.1, 0.15) is 0 Å². The average molecular weight is 212 g/mol. The van der Waals surface area contributed by atoms with Crippen molar-refractivity contribution in [1.29, 1.82) is 0 Å². The van der Waals surface area contributed by atoms with Gasteiger partial charge >= 0.3 is 0 Å². The predicted molar refractivity (Wildman–Crippen MR) is 62.4 cm³/mol. The second-order valence-corrected chi connectivity index (χ2v) is 4.67. The zero-order chi connectivity index (χ0) is 11.3. The molecule has 0 heterocycles. The Morgan fingerprint density at radius 2 is 2.20 bits per heavy atom. The Kier molecular flexibility index (Phi) is 5.09. The Bertz CT molecular complexity index is 206. The molecular weight excluding hydrogens is 188 g/mol. The van der Waals surface area contributed by atoms with Crippen LogP contribution in [-0.2, 0) is 4.79 Å². The zero-order valence-corrected chi connectivity index (χ0v) is 9.96. The summed E-state index contributed by atoms with van der Waals surface area (Å²) in [5.74, 6) is 0.397. The minimum Gasteiger partial charge on any atom is -0.353 e. The first-order chi connectivity index (χ1) is 7.17. The monoisotopic (exact) mass is 212 g/mol. The van der Waals surface area contributed by atoms with Crippen LogP contribution in [0.15, 0.2) is 0 Å². The van der Waals surface area contributed by atoms with E-state index in [1.807, 2.05) is 0 Å². The van der Waals surface area contributed by atoms with Crippen molar-refractivity contribution in [3.05, 3.63) is 0 Å². The molecule has 0 aliphatic heterocycles. The summed E-state index contributed by atoms with van der Waals surface area (Å²) >= 11 is 0. The maximum atomic E-state index is 11.9. The number of amides is 1. The third-order valence-electron chi connectivity index (χ3n) is 3.32. The quantitative estimate of drug-likeness (QED) is 0.730. The smallest absolute Gasteiger partial charge is 0.223 e. The van der Waals surface area contributed by atoms with Crippen LogP contribution >= 0.6 is 0 Å². The fourth-order valence-electron chi connectivity index (χ4n) is 2.30. The number of carbonyl (C=O) groups is 1. The summed E-state index contributed by atoms with van der Waals surface area (Å²) in [5.41, 5.74) is 5.80. The highest BCUT2D eigenvalue weighted by atomic mass is 16.1. The van der Waals surface area contributed by atoms with Gasteiger partial charge in [-0.2, -0.15) is 0 Å². The van der Waals surface area contributed by atoms with E-state index in [4.69, 9.17) is 5.73 Å². The lowest BCUT2D eigenvalue weighted by Gasteiger charge is -2.18. The van der Waals surface area contributed by atoms with E-state index in [1.54, 1.807) is 0 Å². The largest absolute Gasteiger partial charge is 0.353 e. The van der Waals surface area contributed by atoms with Crippen LogP contribution < -0.4 is 11.1 Å². The molecule has 88 valence electrons. The van der Waals surface area contributed by atoms with Gasteiger partial charge in [0.15, 0.2) is 0 Å². The molecule has 3 N–H and O–H groups in total. The summed E-state index contributed by atoms with van der Waals surface area (Å²) in [5, 5.41) is 3.14. The highest BCUT2D eigenvalue weighted by molar-refractivity contribution is 5.79. The number of nitrogens with two attached hydrogens (primary N) is 1. The van der Waals surface area contributed by atoms with Crippen LogP contribution in [0.5, 0.6) is 0 Å². The van der Waals surface area contributed by atoms with Gasteiger partial charge in [0.05, 0.1) is 0 Å². The van der Waals surface area contributed by atoms with E-state index in [0.29, 0.717) is 6.04 Å². The summed E-state index contributed by atoms with van der Waals surface area (Å²) in [7, 11) is 0. The number of hydrogen-bond donors (Lipinski definition) is 2. The van der Waals surface area contributed by atoms with Crippen LogP contribution in [0.4, 0.5) is 0 Å². The maximum absolute atomic E-state index is 11.9. The predicted octanol–water partition coefficient (Wildman–Crippen LogP) is 1.81. The van der Waals surface area contributed by atoms with E-state index in [0.717, 1.165) is 38.5 Å². The van der Waals surface area contributed by atoms with Gasteiger partial charge in [0.2, 0.25) is 5.91 Å². The third-order valence-corrected chi connectivity index (χ3v) is 3.32. The first kappa shape index (κ1) is 12.5. The number of nitrogens with one attached hydrogen (secondary N) is 1. The van der Waals surface area contributed by atoms with E-state index in [1.165, 1.54) is 0 Å². The summed E-state index contributed by atoms with van der Waals surface area (Å²) < 4.78 is 0. The minimum absolute atomic E-state index is 0.172. The van der Waals surface area contributed by atoms with Crippen LogP contribution in [-0.4, -0.2) is 18.0 Å². The fraction of sp³-hybridized carbons (Fsp3) is 0.917. The Labute approximate surface area is 92.8 Å². The van der Waals surface area contributed by atoms with Crippen LogP contribution in [0.2, 0.25) is 0 Å². The normalized spacial score (nSPS) is 27.7. The number of hydrogen-bond acceptors (Lipinski definition) is 2. The molecule has 3 unspecified atom stereocenters. The van der Waals surface area contributed by atoms with Gasteiger partial charge in [-0.15, -0.1) is 0 Å². The lowest BCUT2D eigenvalue weighted by molar-refractivity contribution is -0.125. The fourth-order valence-corrected chi connectivity index (χ4v) is 2.30. The van der Waals surface area contributed by atoms with Crippen molar-refractivity contribution in [2.45, 2.75) is 64.5 Å². The van der Waals surface area contributed by atoms with Gasteiger partial charge in [0, 0.05) is 18.0 Å². The first-order valence-corrected chi connectivity index (χ1v) is 6.23. The van der Waals surface area contributed by atoms with Crippen molar-refractivity contribution >= 4 is 5.91 Å². The number of carbonyl (C=O) groups excluding carboxylic acids is 1. The molecule has 1 amide bonds. The topological polar surface area (TPSA) is 55.1 Å². The molecule has 0 aromatic carbocycles. The van der Waals surface area contributed by atoms with Gasteiger partial charge in [-0.05, 0) is 32.1 Å². The van der Waals surface area contributed by atoms with E-state index in [-0.39, 0.29) is 17.9 Å². The van der Waals surface area contributed by atoms with Crippen molar-refractivity contribution in [1.82, 2.24) is 5.32 Å². The van der Waals surface area contributed by atoms with Crippen LogP contribution in [0.1, 0.15) is 52.4 Å². The Morgan fingerprint density at radius 1 is 1.47 bits per heavy atom. The van der Waals surface area contributed by atoms with Crippen molar-refractivity contribution in [2.24, 2.45) is 11.7 Å². The SMILES string of the molecule is CCCC(CC)NC(=O)C1CCC(N)C1. The molecule has 0 aromatic rings. The van der Waals surface area contributed by atoms with E-state index in [2.05, 4.69) is 19.2 Å². The molecule has 1 saturated carbocycles. The summed E-state index contributed by atoms with van der Waals surface area (Å²) in [6.45, 7) is 4.28. The second kappa shape index (κ2) is 6.11. The molecule has 1 aliphatic carbocycles. The molecule has 3 nitrogen and oxygen atoms in total. The van der Waals surface area contributed by atoms with Gasteiger partial charge in [-0.25, -0.2) is 0 Å². The maximum Gasteiger partial charge on any atom is 0.223 e. The van der Waals surface area contributed by atoms with E-state index < -0.39 is 0 Å². The first-order valence-electron chi connectivity index (χ1n) is 6.23. The molecule has 0 radical (unpaired) electrons. The van der Waals surface area contributed by atoms with Crippen molar-refractivity contribution in [3.8, 4) is 0 Å². The summed E-state index contributed by atoms with van der Waals surface area (Å²) in [6.07, 6.45) is 6.08. The van der Waals surface area contributed by atoms with Crippen LogP contribution in [0, 0.1) is 5.92 Å². The Morgan fingerprint density at radius 3 is 2.67 bits per heavy atom. The van der Waals surface area contributed by atoms with Gasteiger partial charge in [-0.3, -0.25) is 4.79 Å². The standard InChI is InChI=1S/C12H24N2O/c1-3-5-11(4-2)14-12(15)9-6-7-10(13)8-9/h9-11H,3-8,13H2,1-2H3,(H,14,15). The van der Waals surface area contributed by atoms with E-state index in [9.17, 15) is 4.79 Å². The summed E-state index contributed by atoms with van der Waals surface area (Å²) in [6, 6.07) is 0.603. The second-order valence-electron chi connectivity index (χ2n) is 4.67. The molecule has 1 aliphatic rings. The molecule has 3 heteroatoms. The van der Waals surface area contributed by atoms with Gasteiger partial charge in [0.25, 0.3) is 0 Å². The van der Waals surface area contributed by atoms with Gasteiger partial charge in [-0.1, -0.05) is 20.3 Å². The van der Waals surface area contributed by atoms with Crippen molar-refractivity contribution in [3.63, 3.8) is 0 Å². The molecular formula is C12H24N2O. The Balaban J connectivity index is 2.33. The molecule has 0 bridgehead atoms. The van der Waals surface area contributed by atoms with Gasteiger partial charge < -0.3 is 11.1 Å². The zero-order valence-electron chi connectivity index (χ0n) is 9.96. The average Bonchev–Trinajstić information content (AvgIpc) is 2.64. The Hall–Kier alpha value is -0.570. The molecule has 3 atom stereocenters.